The van der Waals surface area contributed by atoms with Crippen LogP contribution in [0.1, 0.15) is 10.4 Å². The van der Waals surface area contributed by atoms with Gasteiger partial charge < -0.3 is 15.8 Å². The van der Waals surface area contributed by atoms with Crippen LogP contribution in [0.4, 0.5) is 3.89 Å². The molecule has 0 bridgehead atoms. The third-order valence-electron chi connectivity index (χ3n) is 2.07. The highest BCUT2D eigenvalue weighted by molar-refractivity contribution is 7.86. The van der Waals surface area contributed by atoms with Gasteiger partial charge in [-0.05, 0) is 24.3 Å². The maximum absolute atomic E-state index is 12.6. The highest BCUT2D eigenvalue weighted by Crippen LogP contribution is 2.12. The molecule has 1 aromatic carbocycles. The van der Waals surface area contributed by atoms with Crippen LogP contribution in [-0.2, 0) is 15.0 Å². The summed E-state index contributed by atoms with van der Waals surface area (Å²) in [6, 6.07) is 3.47. The van der Waals surface area contributed by atoms with Crippen LogP contribution < -0.4 is 11.1 Å². The van der Waals surface area contributed by atoms with Crippen molar-refractivity contribution in [1.82, 2.24) is 5.32 Å². The van der Waals surface area contributed by atoms with Crippen LogP contribution in [0, 0.1) is 0 Å². The van der Waals surface area contributed by atoms with Crippen molar-refractivity contribution in [3.05, 3.63) is 29.8 Å². The monoisotopic (exact) mass is 274 g/mol. The average molecular weight is 274 g/mol. The number of aldehydes is 1. The second kappa shape index (κ2) is 5.69. The normalized spacial score (nSPS) is 12.8. The van der Waals surface area contributed by atoms with Crippen LogP contribution in [0.25, 0.3) is 0 Å². The van der Waals surface area contributed by atoms with Gasteiger partial charge in [-0.1, -0.05) is 0 Å². The lowest BCUT2D eigenvalue weighted by atomic mass is 10.2. The summed E-state index contributed by atoms with van der Waals surface area (Å²) in [7, 11) is -4.77. The first-order chi connectivity index (χ1) is 8.34. The summed E-state index contributed by atoms with van der Waals surface area (Å²) in [6.07, 6.45) is 0.485. The van der Waals surface area contributed by atoms with Crippen molar-refractivity contribution in [2.75, 3.05) is 6.54 Å². The second-order valence-electron chi connectivity index (χ2n) is 3.47. The summed E-state index contributed by atoms with van der Waals surface area (Å²) in [5, 5.41) is 2.37. The molecule has 1 aromatic rings. The van der Waals surface area contributed by atoms with Crippen molar-refractivity contribution < 1.29 is 21.9 Å². The standard InChI is InChI=1S/C10H11FN2O4S/c11-18(16,17)9-3-1-7(2-4-9)10(15)13-5-8(12)6-14/h1-4,6,8H,5,12H2,(H,13,15). The molecule has 1 amide bonds. The highest BCUT2D eigenvalue weighted by atomic mass is 32.3. The van der Waals surface area contributed by atoms with E-state index in [0.717, 1.165) is 24.3 Å². The molecule has 0 aliphatic rings. The first-order valence-corrected chi connectivity index (χ1v) is 6.26. The van der Waals surface area contributed by atoms with E-state index < -0.39 is 27.1 Å². The lowest BCUT2D eigenvalue weighted by Crippen LogP contribution is -2.38. The lowest BCUT2D eigenvalue weighted by Gasteiger charge is -2.07. The van der Waals surface area contributed by atoms with E-state index in [2.05, 4.69) is 5.32 Å². The molecule has 1 unspecified atom stereocenters. The van der Waals surface area contributed by atoms with Gasteiger partial charge in [0.25, 0.3) is 5.91 Å². The predicted octanol–water partition coefficient (Wildman–Crippen LogP) is -0.399. The number of nitrogens with one attached hydrogen (secondary N) is 1. The molecule has 0 radical (unpaired) electrons. The van der Waals surface area contributed by atoms with Gasteiger partial charge in [0.1, 0.15) is 6.29 Å². The molecule has 0 aliphatic heterocycles. The molecular weight excluding hydrogens is 263 g/mol. The number of hydrogen-bond acceptors (Lipinski definition) is 5. The molecule has 1 rings (SSSR count). The van der Waals surface area contributed by atoms with Crippen molar-refractivity contribution in [1.29, 1.82) is 0 Å². The molecule has 8 heteroatoms. The predicted molar refractivity (Wildman–Crippen MR) is 61.1 cm³/mol. The Morgan fingerprint density at radius 3 is 2.39 bits per heavy atom. The molecule has 0 heterocycles. The Morgan fingerprint density at radius 2 is 1.94 bits per heavy atom. The van der Waals surface area contributed by atoms with E-state index in [4.69, 9.17) is 5.73 Å². The fraction of sp³-hybridized carbons (Fsp3) is 0.200. The number of halogens is 1. The van der Waals surface area contributed by atoms with Crippen molar-refractivity contribution >= 4 is 22.4 Å². The number of amides is 1. The topological polar surface area (TPSA) is 106 Å². The van der Waals surface area contributed by atoms with E-state index in [-0.39, 0.29) is 12.1 Å². The molecule has 0 saturated heterocycles. The van der Waals surface area contributed by atoms with Crippen molar-refractivity contribution in [3.63, 3.8) is 0 Å². The first-order valence-electron chi connectivity index (χ1n) is 4.88. The molecule has 0 spiro atoms. The van der Waals surface area contributed by atoms with Crippen LogP contribution >= 0.6 is 0 Å². The summed E-state index contributed by atoms with van der Waals surface area (Å²) >= 11 is 0. The zero-order valence-corrected chi connectivity index (χ0v) is 9.98. The second-order valence-corrected chi connectivity index (χ2v) is 4.82. The smallest absolute Gasteiger partial charge is 0.332 e. The highest BCUT2D eigenvalue weighted by Gasteiger charge is 2.13. The summed E-state index contributed by atoms with van der Waals surface area (Å²) in [6.45, 7) is -0.0362. The van der Waals surface area contributed by atoms with Gasteiger partial charge in [-0.3, -0.25) is 4.79 Å². The lowest BCUT2D eigenvalue weighted by molar-refractivity contribution is -0.108. The third-order valence-corrected chi connectivity index (χ3v) is 2.91. The Bertz CT molecular complexity index is 542. The van der Waals surface area contributed by atoms with Gasteiger partial charge in [0.05, 0.1) is 10.9 Å². The zero-order valence-electron chi connectivity index (χ0n) is 9.17. The largest absolute Gasteiger partial charge is 0.350 e. The molecular formula is C10H11FN2O4S. The van der Waals surface area contributed by atoms with Gasteiger partial charge >= 0.3 is 10.2 Å². The minimum absolute atomic E-state index is 0.0362. The summed E-state index contributed by atoms with van der Waals surface area (Å²) in [5.41, 5.74) is 5.41. The molecule has 3 N–H and O–H groups in total. The zero-order chi connectivity index (χ0) is 13.8. The molecule has 0 aliphatic carbocycles. The molecule has 1 atom stereocenters. The summed E-state index contributed by atoms with van der Waals surface area (Å²) in [4.78, 5) is 21.2. The van der Waals surface area contributed by atoms with Gasteiger partial charge in [0, 0.05) is 12.1 Å². The van der Waals surface area contributed by atoms with Crippen LogP contribution in [-0.4, -0.2) is 33.2 Å². The van der Waals surface area contributed by atoms with Gasteiger partial charge in [-0.25, -0.2) is 0 Å². The van der Waals surface area contributed by atoms with Crippen molar-refractivity contribution in [2.24, 2.45) is 5.73 Å². The third kappa shape index (κ3) is 3.90. The molecule has 0 aromatic heterocycles. The van der Waals surface area contributed by atoms with Crippen LogP contribution in [0.3, 0.4) is 0 Å². The maximum Gasteiger partial charge on any atom is 0.332 e. The van der Waals surface area contributed by atoms with Gasteiger partial charge in [0.15, 0.2) is 0 Å². The number of nitrogens with two attached hydrogens (primary N) is 1. The first kappa shape index (κ1) is 14.3. The van der Waals surface area contributed by atoms with Gasteiger partial charge in [-0.15, -0.1) is 3.89 Å². The Labute approximate surface area is 103 Å². The fourth-order valence-electron chi connectivity index (χ4n) is 1.13. The van der Waals surface area contributed by atoms with Gasteiger partial charge in [-0.2, -0.15) is 8.42 Å². The number of carbonyl (C=O) groups is 2. The summed E-state index contributed by atoms with van der Waals surface area (Å²) < 4.78 is 33.7. The minimum Gasteiger partial charge on any atom is -0.350 e. The van der Waals surface area contributed by atoms with E-state index in [1.165, 1.54) is 0 Å². The van der Waals surface area contributed by atoms with E-state index >= 15 is 0 Å². The van der Waals surface area contributed by atoms with Crippen LogP contribution in [0.5, 0.6) is 0 Å². The Hall–Kier alpha value is -1.80. The summed E-state index contributed by atoms with van der Waals surface area (Å²) in [5.74, 6) is -0.532. The van der Waals surface area contributed by atoms with E-state index in [1.54, 1.807) is 0 Å². The number of hydrogen-bond donors (Lipinski definition) is 2. The molecule has 0 fully saturated rings. The Morgan fingerprint density at radius 1 is 1.39 bits per heavy atom. The SMILES string of the molecule is NC(C=O)CNC(=O)c1ccc(S(=O)(=O)F)cc1. The van der Waals surface area contributed by atoms with Crippen LogP contribution in [0.15, 0.2) is 29.2 Å². The molecule has 98 valence electrons. The average Bonchev–Trinajstić information content (AvgIpc) is 2.34. The molecule has 6 nitrogen and oxygen atoms in total. The van der Waals surface area contributed by atoms with Crippen LogP contribution in [0.2, 0.25) is 0 Å². The van der Waals surface area contributed by atoms with Gasteiger partial charge in [0.2, 0.25) is 0 Å². The maximum atomic E-state index is 12.6. The van der Waals surface area contributed by atoms with Crippen molar-refractivity contribution in [3.8, 4) is 0 Å². The molecule has 18 heavy (non-hydrogen) atoms. The Kier molecular flexibility index (Phi) is 4.51. The minimum atomic E-state index is -4.77. The molecule has 0 saturated carbocycles. The number of carbonyl (C=O) groups excluding carboxylic acids is 2. The number of benzene rings is 1. The van der Waals surface area contributed by atoms with Crippen molar-refractivity contribution in [2.45, 2.75) is 10.9 Å². The quantitative estimate of drug-likeness (QED) is 0.561. The Balaban J connectivity index is 2.74. The van der Waals surface area contributed by atoms with E-state index in [1.807, 2.05) is 0 Å². The fourth-order valence-corrected chi connectivity index (χ4v) is 1.59. The number of rotatable bonds is 5. The van der Waals surface area contributed by atoms with E-state index in [9.17, 15) is 21.9 Å². The van der Waals surface area contributed by atoms with E-state index in [0.29, 0.717) is 6.29 Å².